The summed E-state index contributed by atoms with van der Waals surface area (Å²) in [5, 5.41) is 9.49. The van der Waals surface area contributed by atoms with Crippen LogP contribution in [0.3, 0.4) is 0 Å². The molecule has 2 rings (SSSR count). The van der Waals surface area contributed by atoms with Gasteiger partial charge in [-0.1, -0.05) is 23.7 Å². The molecule has 1 aromatic carbocycles. The molecule has 1 aromatic rings. The Morgan fingerprint density at radius 3 is 2.87 bits per heavy atom. The van der Waals surface area contributed by atoms with E-state index in [1.54, 1.807) is 0 Å². The van der Waals surface area contributed by atoms with Crippen LogP contribution in [0.15, 0.2) is 35.9 Å². The molecule has 0 radical (unpaired) electrons. The van der Waals surface area contributed by atoms with Crippen LogP contribution in [0.2, 0.25) is 5.02 Å². The Bertz CT molecular complexity index is 431. The highest BCUT2D eigenvalue weighted by Gasteiger charge is 2.11. The Kier molecular flexibility index (Phi) is 2.94. The van der Waals surface area contributed by atoms with Crippen LogP contribution in [0.4, 0.5) is 5.69 Å². The number of hydrogen-bond donors (Lipinski definition) is 0. The maximum atomic E-state index is 8.73. The van der Waals surface area contributed by atoms with Crippen LogP contribution in [-0.4, -0.2) is 13.1 Å². The highest BCUT2D eigenvalue weighted by atomic mass is 35.5. The average Bonchev–Trinajstić information content (AvgIpc) is 2.29. The molecule has 0 saturated heterocycles. The molecule has 0 N–H and O–H groups in total. The van der Waals surface area contributed by atoms with Gasteiger partial charge in [-0.15, -0.1) is 0 Å². The highest BCUT2D eigenvalue weighted by Crippen LogP contribution is 2.22. The summed E-state index contributed by atoms with van der Waals surface area (Å²) in [6.07, 6.45) is 2.80. The maximum Gasteiger partial charge on any atom is 0.0945 e. The monoisotopic (exact) mass is 218 g/mol. The number of benzene rings is 1. The topological polar surface area (TPSA) is 27.0 Å². The number of halogens is 1. The quantitative estimate of drug-likeness (QED) is 0.725. The number of nitriles is 1. The van der Waals surface area contributed by atoms with Gasteiger partial charge in [0, 0.05) is 29.4 Å². The third-order valence-corrected chi connectivity index (χ3v) is 2.76. The van der Waals surface area contributed by atoms with E-state index >= 15 is 0 Å². The first-order valence-corrected chi connectivity index (χ1v) is 5.27. The lowest BCUT2D eigenvalue weighted by molar-refractivity contribution is 0.802. The van der Waals surface area contributed by atoms with Crippen molar-refractivity contribution in [1.82, 2.24) is 0 Å². The van der Waals surface area contributed by atoms with Crippen molar-refractivity contribution in [2.75, 3.05) is 18.0 Å². The van der Waals surface area contributed by atoms with Gasteiger partial charge < -0.3 is 4.90 Å². The fourth-order valence-corrected chi connectivity index (χ4v) is 1.86. The van der Waals surface area contributed by atoms with E-state index < -0.39 is 0 Å². The van der Waals surface area contributed by atoms with Gasteiger partial charge in [-0.25, -0.2) is 0 Å². The predicted molar refractivity (Wildman–Crippen MR) is 62.0 cm³/mol. The Balaban J connectivity index is 2.15. The van der Waals surface area contributed by atoms with E-state index in [9.17, 15) is 0 Å². The largest absolute Gasteiger partial charge is 0.367 e. The summed E-state index contributed by atoms with van der Waals surface area (Å²) >= 11 is 5.93. The van der Waals surface area contributed by atoms with Crippen LogP contribution >= 0.6 is 11.6 Å². The number of nitrogens with zero attached hydrogens (tertiary/aromatic N) is 2. The van der Waals surface area contributed by atoms with Crippen LogP contribution in [0.25, 0.3) is 0 Å². The molecule has 0 unspecified atom stereocenters. The number of rotatable bonds is 1. The summed E-state index contributed by atoms with van der Waals surface area (Å²) in [7, 11) is 0. The molecule has 76 valence electrons. The van der Waals surface area contributed by atoms with E-state index in [0.29, 0.717) is 0 Å². The van der Waals surface area contributed by atoms with E-state index in [-0.39, 0.29) is 0 Å². The first-order chi connectivity index (χ1) is 7.29. The summed E-state index contributed by atoms with van der Waals surface area (Å²) in [6.45, 7) is 1.68. The second-order valence-electron chi connectivity index (χ2n) is 3.52. The first kappa shape index (κ1) is 10.1. The van der Waals surface area contributed by atoms with E-state index in [1.165, 1.54) is 0 Å². The summed E-state index contributed by atoms with van der Waals surface area (Å²) in [4.78, 5) is 2.22. The van der Waals surface area contributed by atoms with Crippen molar-refractivity contribution in [3.8, 4) is 6.07 Å². The van der Waals surface area contributed by atoms with Gasteiger partial charge in [0.1, 0.15) is 0 Å². The molecule has 0 saturated carbocycles. The second-order valence-corrected chi connectivity index (χ2v) is 3.95. The van der Waals surface area contributed by atoms with Gasteiger partial charge in [-0.05, 0) is 24.6 Å². The Morgan fingerprint density at radius 1 is 1.40 bits per heavy atom. The zero-order valence-corrected chi connectivity index (χ0v) is 9.04. The highest BCUT2D eigenvalue weighted by molar-refractivity contribution is 6.30. The van der Waals surface area contributed by atoms with Crippen LogP contribution in [0.1, 0.15) is 6.42 Å². The first-order valence-electron chi connectivity index (χ1n) is 4.89. The smallest absolute Gasteiger partial charge is 0.0945 e. The zero-order valence-electron chi connectivity index (χ0n) is 8.28. The molecule has 3 heteroatoms. The van der Waals surface area contributed by atoms with E-state index in [2.05, 4.69) is 11.0 Å². The van der Waals surface area contributed by atoms with Gasteiger partial charge in [-0.2, -0.15) is 5.26 Å². The Morgan fingerprint density at radius 2 is 2.27 bits per heavy atom. The van der Waals surface area contributed by atoms with Crippen molar-refractivity contribution in [2.45, 2.75) is 6.42 Å². The lowest BCUT2D eigenvalue weighted by atomic mass is 10.1. The molecular formula is C12H11ClN2. The van der Waals surface area contributed by atoms with Crippen molar-refractivity contribution in [3.05, 3.63) is 40.9 Å². The SMILES string of the molecule is N#CC1=CCN(c2cccc(Cl)c2)CC1. The van der Waals surface area contributed by atoms with Gasteiger partial charge in [0.15, 0.2) is 0 Å². The van der Waals surface area contributed by atoms with Crippen molar-refractivity contribution in [3.63, 3.8) is 0 Å². The van der Waals surface area contributed by atoms with E-state index in [4.69, 9.17) is 16.9 Å². The van der Waals surface area contributed by atoms with Crippen LogP contribution in [0, 0.1) is 11.3 Å². The molecule has 1 aliphatic heterocycles. The predicted octanol–water partition coefficient (Wildman–Crippen LogP) is 3.00. The zero-order chi connectivity index (χ0) is 10.7. The summed E-state index contributed by atoms with van der Waals surface area (Å²) in [5.74, 6) is 0. The fourth-order valence-electron chi connectivity index (χ4n) is 1.68. The fraction of sp³-hybridized carbons (Fsp3) is 0.250. The molecule has 0 fully saturated rings. The molecule has 0 amide bonds. The van der Waals surface area contributed by atoms with Crippen LogP contribution < -0.4 is 4.90 Å². The molecule has 1 heterocycles. The van der Waals surface area contributed by atoms with Crippen molar-refractivity contribution in [1.29, 1.82) is 5.26 Å². The van der Waals surface area contributed by atoms with Crippen molar-refractivity contribution in [2.24, 2.45) is 0 Å². The molecule has 0 atom stereocenters. The van der Waals surface area contributed by atoms with Crippen LogP contribution in [0.5, 0.6) is 0 Å². The Labute approximate surface area is 94.4 Å². The maximum absolute atomic E-state index is 8.73. The normalized spacial score (nSPS) is 15.7. The minimum absolute atomic E-state index is 0.752. The minimum Gasteiger partial charge on any atom is -0.367 e. The van der Waals surface area contributed by atoms with Crippen LogP contribution in [-0.2, 0) is 0 Å². The van der Waals surface area contributed by atoms with Gasteiger partial charge in [0.05, 0.1) is 6.07 Å². The van der Waals surface area contributed by atoms with E-state index in [0.717, 1.165) is 35.8 Å². The molecular weight excluding hydrogens is 208 g/mol. The Hall–Kier alpha value is -1.46. The number of anilines is 1. The molecule has 15 heavy (non-hydrogen) atoms. The third-order valence-electron chi connectivity index (χ3n) is 2.53. The molecule has 1 aliphatic rings. The van der Waals surface area contributed by atoms with Gasteiger partial charge >= 0.3 is 0 Å². The average molecular weight is 219 g/mol. The lowest BCUT2D eigenvalue weighted by Gasteiger charge is -2.26. The van der Waals surface area contributed by atoms with E-state index in [1.807, 2.05) is 30.3 Å². The summed E-state index contributed by atoms with van der Waals surface area (Å²) in [5.41, 5.74) is 2.00. The van der Waals surface area contributed by atoms with Crippen molar-refractivity contribution < 1.29 is 0 Å². The standard InChI is InChI=1S/C12H11ClN2/c13-11-2-1-3-12(8-11)15-6-4-10(9-14)5-7-15/h1-4,8H,5-7H2. The van der Waals surface area contributed by atoms with Gasteiger partial charge in [-0.3, -0.25) is 0 Å². The molecule has 0 aromatic heterocycles. The van der Waals surface area contributed by atoms with Gasteiger partial charge in [0.2, 0.25) is 0 Å². The molecule has 0 bridgehead atoms. The summed E-state index contributed by atoms with van der Waals surface area (Å²) in [6, 6.07) is 10.00. The molecule has 0 aliphatic carbocycles. The minimum atomic E-state index is 0.752. The van der Waals surface area contributed by atoms with Crippen molar-refractivity contribution >= 4 is 17.3 Å². The third kappa shape index (κ3) is 2.31. The lowest BCUT2D eigenvalue weighted by Crippen LogP contribution is -2.28. The summed E-state index contributed by atoms with van der Waals surface area (Å²) < 4.78 is 0. The number of hydrogen-bond acceptors (Lipinski definition) is 2. The second kappa shape index (κ2) is 4.37. The molecule has 0 spiro atoms. The van der Waals surface area contributed by atoms with Gasteiger partial charge in [0.25, 0.3) is 0 Å². The molecule has 2 nitrogen and oxygen atoms in total.